The largest absolute Gasteiger partial charge is 0.465 e. The van der Waals surface area contributed by atoms with Gasteiger partial charge in [-0.1, -0.05) is 15.9 Å². The van der Waals surface area contributed by atoms with Crippen LogP contribution >= 0.6 is 31.9 Å². The van der Waals surface area contributed by atoms with Gasteiger partial charge in [-0.15, -0.1) is 0 Å². The van der Waals surface area contributed by atoms with Gasteiger partial charge < -0.3 is 15.8 Å². The molecule has 0 radical (unpaired) electrons. The second kappa shape index (κ2) is 6.28. The lowest BCUT2D eigenvalue weighted by atomic mass is 10.1. The van der Waals surface area contributed by atoms with Gasteiger partial charge in [0.1, 0.15) is 0 Å². The summed E-state index contributed by atoms with van der Waals surface area (Å²) in [5.41, 5.74) is 8.11. The Hall–Kier alpha value is -1.53. The molecule has 0 amide bonds. The number of rotatable bonds is 3. The Labute approximate surface area is 133 Å². The molecule has 0 heterocycles. The summed E-state index contributed by atoms with van der Waals surface area (Å²) in [4.78, 5) is 11.6. The van der Waals surface area contributed by atoms with Gasteiger partial charge in [0.05, 0.1) is 18.4 Å². The summed E-state index contributed by atoms with van der Waals surface area (Å²) in [5, 5.41) is 3.22. The molecule has 3 N–H and O–H groups in total. The molecule has 0 aliphatic carbocycles. The number of nitrogen functional groups attached to an aromatic ring is 1. The average molecular weight is 400 g/mol. The summed E-state index contributed by atoms with van der Waals surface area (Å²) in [6, 6.07) is 10.9. The molecular formula is C14H12Br2N2O2. The zero-order valence-corrected chi connectivity index (χ0v) is 13.8. The van der Waals surface area contributed by atoms with E-state index in [1.165, 1.54) is 7.11 Å². The minimum absolute atomic E-state index is 0.337. The second-order valence-corrected chi connectivity index (χ2v) is 5.81. The Balaban J connectivity index is 2.34. The van der Waals surface area contributed by atoms with E-state index in [1.807, 2.05) is 18.2 Å². The number of esters is 1. The van der Waals surface area contributed by atoms with E-state index in [-0.39, 0.29) is 0 Å². The Morgan fingerprint density at radius 2 is 1.95 bits per heavy atom. The standard InChI is InChI=1S/C14H12Br2N2O2/c1-20-14(19)10-7-9(3-5-12(10)17)18-13-6-8(15)2-4-11(13)16/h2-7,18H,17H2,1H3. The van der Waals surface area contributed by atoms with Crippen molar-refractivity contribution in [1.82, 2.24) is 0 Å². The normalized spacial score (nSPS) is 10.2. The van der Waals surface area contributed by atoms with Crippen molar-refractivity contribution in [3.05, 3.63) is 50.9 Å². The van der Waals surface area contributed by atoms with Gasteiger partial charge in [0.25, 0.3) is 0 Å². The van der Waals surface area contributed by atoms with E-state index in [1.54, 1.807) is 18.2 Å². The number of ether oxygens (including phenoxy) is 1. The summed E-state index contributed by atoms with van der Waals surface area (Å²) in [7, 11) is 1.33. The van der Waals surface area contributed by atoms with Crippen molar-refractivity contribution in [3.63, 3.8) is 0 Å². The van der Waals surface area contributed by atoms with Gasteiger partial charge in [-0.25, -0.2) is 4.79 Å². The van der Waals surface area contributed by atoms with Crippen LogP contribution in [0, 0.1) is 0 Å². The first-order chi connectivity index (χ1) is 9.51. The minimum Gasteiger partial charge on any atom is -0.465 e. The summed E-state index contributed by atoms with van der Waals surface area (Å²) in [6.45, 7) is 0. The molecule has 4 nitrogen and oxygen atoms in total. The van der Waals surface area contributed by atoms with Crippen LogP contribution in [0.25, 0.3) is 0 Å². The van der Waals surface area contributed by atoms with E-state index in [4.69, 9.17) is 10.5 Å². The molecule has 6 heteroatoms. The number of nitrogens with one attached hydrogen (secondary N) is 1. The lowest BCUT2D eigenvalue weighted by molar-refractivity contribution is 0.0602. The third-order valence-corrected chi connectivity index (χ3v) is 3.85. The number of anilines is 3. The maximum atomic E-state index is 11.6. The third-order valence-electron chi connectivity index (χ3n) is 2.67. The highest BCUT2D eigenvalue weighted by molar-refractivity contribution is 9.11. The molecule has 2 rings (SSSR count). The molecule has 0 atom stereocenters. The number of nitrogens with two attached hydrogens (primary N) is 1. The quantitative estimate of drug-likeness (QED) is 0.595. The predicted octanol–water partition coefficient (Wildman–Crippen LogP) is 4.32. The first kappa shape index (κ1) is 14.9. The molecular weight excluding hydrogens is 388 g/mol. The third kappa shape index (κ3) is 3.32. The smallest absolute Gasteiger partial charge is 0.340 e. The number of hydrogen-bond donors (Lipinski definition) is 2. The molecule has 0 unspecified atom stereocenters. The number of hydrogen-bond acceptors (Lipinski definition) is 4. The lowest BCUT2D eigenvalue weighted by Gasteiger charge is -2.11. The SMILES string of the molecule is COC(=O)c1cc(Nc2cc(Br)ccc2Br)ccc1N. The van der Waals surface area contributed by atoms with Gasteiger partial charge in [0.2, 0.25) is 0 Å². The van der Waals surface area contributed by atoms with E-state index < -0.39 is 5.97 Å². The second-order valence-electron chi connectivity index (χ2n) is 4.04. The number of carbonyl (C=O) groups excluding carboxylic acids is 1. The van der Waals surface area contributed by atoms with Crippen LogP contribution in [0.4, 0.5) is 17.1 Å². The van der Waals surface area contributed by atoms with Crippen LogP contribution in [-0.4, -0.2) is 13.1 Å². The van der Waals surface area contributed by atoms with Crippen LogP contribution in [0.2, 0.25) is 0 Å². The molecule has 0 aromatic heterocycles. The highest BCUT2D eigenvalue weighted by atomic mass is 79.9. The molecule has 0 saturated carbocycles. The molecule has 104 valence electrons. The van der Waals surface area contributed by atoms with Crippen molar-refractivity contribution in [2.75, 3.05) is 18.2 Å². The van der Waals surface area contributed by atoms with E-state index in [0.29, 0.717) is 11.3 Å². The Kier molecular flexibility index (Phi) is 4.67. The van der Waals surface area contributed by atoms with E-state index in [0.717, 1.165) is 20.3 Å². The predicted molar refractivity (Wildman–Crippen MR) is 87.3 cm³/mol. The number of carbonyl (C=O) groups is 1. The zero-order chi connectivity index (χ0) is 14.7. The lowest BCUT2D eigenvalue weighted by Crippen LogP contribution is -2.06. The van der Waals surface area contributed by atoms with Gasteiger partial charge in [-0.05, 0) is 52.3 Å². The highest BCUT2D eigenvalue weighted by Gasteiger charge is 2.11. The first-order valence-electron chi connectivity index (χ1n) is 5.71. The molecule has 0 spiro atoms. The van der Waals surface area contributed by atoms with Gasteiger partial charge in [0.15, 0.2) is 0 Å². The van der Waals surface area contributed by atoms with Crippen LogP contribution in [0.3, 0.4) is 0 Å². The Bertz CT molecular complexity index is 660. The van der Waals surface area contributed by atoms with Crippen LogP contribution in [0.15, 0.2) is 45.3 Å². The summed E-state index contributed by atoms with van der Waals surface area (Å²) in [6.07, 6.45) is 0. The van der Waals surface area contributed by atoms with E-state index >= 15 is 0 Å². The molecule has 2 aromatic carbocycles. The van der Waals surface area contributed by atoms with E-state index in [2.05, 4.69) is 37.2 Å². The molecule has 2 aromatic rings. The minimum atomic E-state index is -0.459. The van der Waals surface area contributed by atoms with Crippen molar-refractivity contribution >= 4 is 54.9 Å². The molecule has 20 heavy (non-hydrogen) atoms. The van der Waals surface area contributed by atoms with Crippen LogP contribution < -0.4 is 11.1 Å². The summed E-state index contributed by atoms with van der Waals surface area (Å²) in [5.74, 6) is -0.459. The molecule has 0 saturated heterocycles. The van der Waals surface area contributed by atoms with Gasteiger partial charge in [-0.2, -0.15) is 0 Å². The van der Waals surface area contributed by atoms with Crippen molar-refractivity contribution in [3.8, 4) is 0 Å². The van der Waals surface area contributed by atoms with Crippen LogP contribution in [0.1, 0.15) is 10.4 Å². The fourth-order valence-corrected chi connectivity index (χ4v) is 2.38. The Morgan fingerprint density at radius 1 is 1.20 bits per heavy atom. The number of halogens is 2. The fraction of sp³-hybridized carbons (Fsp3) is 0.0714. The maximum absolute atomic E-state index is 11.6. The van der Waals surface area contributed by atoms with Crippen LogP contribution in [-0.2, 0) is 4.74 Å². The Morgan fingerprint density at radius 3 is 2.65 bits per heavy atom. The summed E-state index contributed by atoms with van der Waals surface area (Å²) >= 11 is 6.88. The van der Waals surface area contributed by atoms with Crippen LogP contribution in [0.5, 0.6) is 0 Å². The fourth-order valence-electron chi connectivity index (χ4n) is 1.67. The van der Waals surface area contributed by atoms with Crippen molar-refractivity contribution in [2.45, 2.75) is 0 Å². The highest BCUT2D eigenvalue weighted by Crippen LogP contribution is 2.30. The first-order valence-corrected chi connectivity index (χ1v) is 7.30. The van der Waals surface area contributed by atoms with Gasteiger partial charge in [-0.3, -0.25) is 0 Å². The average Bonchev–Trinajstić information content (AvgIpc) is 2.44. The maximum Gasteiger partial charge on any atom is 0.340 e. The molecule has 0 bridgehead atoms. The summed E-state index contributed by atoms with van der Waals surface area (Å²) < 4.78 is 6.57. The molecule has 0 aliphatic heterocycles. The molecule has 0 aliphatic rings. The van der Waals surface area contributed by atoms with Crippen molar-refractivity contribution in [2.24, 2.45) is 0 Å². The van der Waals surface area contributed by atoms with Crippen molar-refractivity contribution < 1.29 is 9.53 Å². The van der Waals surface area contributed by atoms with Crippen molar-refractivity contribution in [1.29, 1.82) is 0 Å². The zero-order valence-electron chi connectivity index (χ0n) is 10.6. The monoisotopic (exact) mass is 398 g/mol. The van der Waals surface area contributed by atoms with Gasteiger partial charge >= 0.3 is 5.97 Å². The van der Waals surface area contributed by atoms with Gasteiger partial charge in [0, 0.05) is 20.3 Å². The number of benzene rings is 2. The number of methoxy groups -OCH3 is 1. The van der Waals surface area contributed by atoms with E-state index in [9.17, 15) is 4.79 Å². The topological polar surface area (TPSA) is 64.3 Å². The molecule has 0 fully saturated rings.